The van der Waals surface area contributed by atoms with Gasteiger partial charge in [-0.1, -0.05) is 24.3 Å². The molecule has 0 fully saturated rings. The van der Waals surface area contributed by atoms with Crippen molar-refractivity contribution in [1.29, 1.82) is 0 Å². The molecule has 2 rings (SSSR count). The van der Waals surface area contributed by atoms with Crippen LogP contribution in [-0.4, -0.2) is 24.1 Å². The lowest BCUT2D eigenvalue weighted by Crippen LogP contribution is -2.35. The van der Waals surface area contributed by atoms with E-state index in [2.05, 4.69) is 0 Å². The number of carbonyl (C=O) groups excluding carboxylic acids is 2. The van der Waals surface area contributed by atoms with Crippen molar-refractivity contribution in [2.75, 3.05) is 0 Å². The monoisotopic (exact) mass is 258 g/mol. The second kappa shape index (κ2) is 6.00. The zero-order chi connectivity index (χ0) is 13.7. The van der Waals surface area contributed by atoms with E-state index in [9.17, 15) is 9.59 Å². The van der Waals surface area contributed by atoms with Gasteiger partial charge in [0.25, 0.3) is 0 Å². The van der Waals surface area contributed by atoms with Gasteiger partial charge in [0.2, 0.25) is 0 Å². The van der Waals surface area contributed by atoms with E-state index in [1.807, 2.05) is 13.0 Å². The van der Waals surface area contributed by atoms with Crippen LogP contribution in [0.1, 0.15) is 17.3 Å². The van der Waals surface area contributed by atoms with Crippen molar-refractivity contribution in [3.8, 4) is 0 Å². The van der Waals surface area contributed by atoms with Crippen LogP contribution < -0.4 is 0 Å². The third-order valence-corrected chi connectivity index (χ3v) is 2.63. The molecule has 2 atom stereocenters. The second-order valence-corrected chi connectivity index (χ2v) is 4.02. The van der Waals surface area contributed by atoms with Gasteiger partial charge in [0.05, 0.1) is 5.56 Å². The van der Waals surface area contributed by atoms with Crippen LogP contribution in [-0.2, 0) is 14.3 Å². The van der Waals surface area contributed by atoms with Gasteiger partial charge in [0.1, 0.15) is 0 Å². The van der Waals surface area contributed by atoms with Crippen molar-refractivity contribution in [1.82, 2.24) is 0 Å². The molecule has 0 aliphatic carbocycles. The van der Waals surface area contributed by atoms with Gasteiger partial charge in [-0.2, -0.15) is 0 Å². The zero-order valence-electron chi connectivity index (χ0n) is 10.5. The van der Waals surface area contributed by atoms with Gasteiger partial charge in [-0.25, -0.2) is 9.59 Å². The van der Waals surface area contributed by atoms with Crippen molar-refractivity contribution in [3.63, 3.8) is 0 Å². The number of carbonyl (C=O) groups is 2. The molecule has 98 valence electrons. The number of hydrogen-bond donors (Lipinski definition) is 0. The van der Waals surface area contributed by atoms with Crippen molar-refractivity contribution < 1.29 is 19.1 Å². The van der Waals surface area contributed by atoms with Crippen molar-refractivity contribution in [2.24, 2.45) is 0 Å². The predicted molar refractivity (Wildman–Crippen MR) is 69.5 cm³/mol. The maximum atomic E-state index is 11.9. The van der Waals surface area contributed by atoms with Gasteiger partial charge in [-0.15, -0.1) is 0 Å². The molecule has 1 aromatic rings. The van der Waals surface area contributed by atoms with Crippen LogP contribution in [0.3, 0.4) is 0 Å². The summed E-state index contributed by atoms with van der Waals surface area (Å²) in [5, 5.41) is 0. The third kappa shape index (κ3) is 3.31. The summed E-state index contributed by atoms with van der Waals surface area (Å²) in [5.41, 5.74) is 0.465. The summed E-state index contributed by atoms with van der Waals surface area (Å²) in [6.07, 6.45) is 5.07. The van der Waals surface area contributed by atoms with Crippen LogP contribution in [0.2, 0.25) is 0 Å². The molecule has 4 nitrogen and oxygen atoms in total. The molecule has 19 heavy (non-hydrogen) atoms. The van der Waals surface area contributed by atoms with Crippen LogP contribution in [0.5, 0.6) is 0 Å². The van der Waals surface area contributed by atoms with E-state index in [1.165, 1.54) is 12.2 Å². The summed E-state index contributed by atoms with van der Waals surface area (Å²) in [6, 6.07) is 8.69. The second-order valence-electron chi connectivity index (χ2n) is 4.02. The molecular weight excluding hydrogens is 244 g/mol. The van der Waals surface area contributed by atoms with E-state index >= 15 is 0 Å². The molecular formula is C15H14O4. The Kier molecular flexibility index (Phi) is 4.13. The number of esters is 2. The Hall–Kier alpha value is -2.36. The summed E-state index contributed by atoms with van der Waals surface area (Å²) >= 11 is 0. The fourth-order valence-corrected chi connectivity index (χ4v) is 1.73. The predicted octanol–water partition coefficient (Wildman–Crippen LogP) is 2.27. The standard InChI is InChI=1S/C15H14O4/c1-2-6-12-13(9-10-14(16)18-12)19-15(17)11-7-4-3-5-8-11/h2-10,12-13H,1H3/b6-2+. The fourth-order valence-electron chi connectivity index (χ4n) is 1.73. The molecule has 0 spiro atoms. The average molecular weight is 258 g/mol. The summed E-state index contributed by atoms with van der Waals surface area (Å²) in [4.78, 5) is 23.1. The minimum absolute atomic E-state index is 0.435. The summed E-state index contributed by atoms with van der Waals surface area (Å²) in [5.74, 6) is -0.877. The molecule has 4 heteroatoms. The van der Waals surface area contributed by atoms with E-state index in [-0.39, 0.29) is 0 Å². The van der Waals surface area contributed by atoms with Gasteiger partial charge in [-0.3, -0.25) is 0 Å². The Bertz CT molecular complexity index is 516. The largest absolute Gasteiger partial charge is 0.451 e. The fraction of sp³-hybridized carbons (Fsp3) is 0.200. The first-order valence-electron chi connectivity index (χ1n) is 5.98. The van der Waals surface area contributed by atoms with E-state index in [1.54, 1.807) is 36.4 Å². The van der Waals surface area contributed by atoms with Crippen LogP contribution in [0.15, 0.2) is 54.6 Å². The molecule has 0 bridgehead atoms. The SMILES string of the molecule is C/C=C/C1OC(=O)C=CC1OC(=O)c1ccccc1. The Labute approximate surface area is 111 Å². The average Bonchev–Trinajstić information content (AvgIpc) is 2.43. The molecule has 1 aliphatic heterocycles. The van der Waals surface area contributed by atoms with E-state index < -0.39 is 24.1 Å². The number of hydrogen-bond acceptors (Lipinski definition) is 4. The molecule has 0 N–H and O–H groups in total. The highest BCUT2D eigenvalue weighted by Gasteiger charge is 2.27. The van der Waals surface area contributed by atoms with Gasteiger partial charge >= 0.3 is 11.9 Å². The first kappa shape index (κ1) is 13.1. The maximum absolute atomic E-state index is 11.9. The van der Waals surface area contributed by atoms with E-state index in [4.69, 9.17) is 9.47 Å². The summed E-state index contributed by atoms with van der Waals surface area (Å²) in [6.45, 7) is 1.81. The zero-order valence-corrected chi connectivity index (χ0v) is 10.5. The molecule has 0 radical (unpaired) electrons. The number of ether oxygens (including phenoxy) is 2. The minimum atomic E-state index is -0.596. The van der Waals surface area contributed by atoms with Gasteiger partial charge in [-0.05, 0) is 31.2 Å². The lowest BCUT2D eigenvalue weighted by molar-refractivity contribution is -0.146. The highest BCUT2D eigenvalue weighted by molar-refractivity contribution is 5.90. The van der Waals surface area contributed by atoms with E-state index in [0.717, 1.165) is 0 Å². The van der Waals surface area contributed by atoms with E-state index in [0.29, 0.717) is 5.56 Å². The van der Waals surface area contributed by atoms with Crippen molar-refractivity contribution >= 4 is 11.9 Å². The lowest BCUT2D eigenvalue weighted by Gasteiger charge is -2.24. The van der Waals surface area contributed by atoms with Crippen molar-refractivity contribution in [3.05, 3.63) is 60.2 Å². The highest BCUT2D eigenvalue weighted by atomic mass is 16.6. The normalized spacial score (nSPS) is 22.3. The van der Waals surface area contributed by atoms with Crippen LogP contribution in [0.25, 0.3) is 0 Å². The Balaban J connectivity index is 2.10. The molecule has 0 saturated heterocycles. The smallest absolute Gasteiger partial charge is 0.338 e. The minimum Gasteiger partial charge on any atom is -0.451 e. The molecule has 2 unspecified atom stereocenters. The number of allylic oxidation sites excluding steroid dienone is 1. The molecule has 1 aromatic carbocycles. The quantitative estimate of drug-likeness (QED) is 0.616. The van der Waals surface area contributed by atoms with Crippen LogP contribution in [0, 0.1) is 0 Å². The molecule has 0 amide bonds. The van der Waals surface area contributed by atoms with Crippen LogP contribution >= 0.6 is 0 Å². The summed E-state index contributed by atoms with van der Waals surface area (Å²) in [7, 11) is 0. The Morgan fingerprint density at radius 1 is 1.32 bits per heavy atom. The molecule has 0 aromatic heterocycles. The van der Waals surface area contributed by atoms with Crippen LogP contribution in [0.4, 0.5) is 0 Å². The lowest BCUT2D eigenvalue weighted by atomic mass is 10.1. The van der Waals surface area contributed by atoms with Gasteiger partial charge < -0.3 is 9.47 Å². The van der Waals surface area contributed by atoms with Gasteiger partial charge in [0.15, 0.2) is 12.2 Å². The van der Waals surface area contributed by atoms with Crippen molar-refractivity contribution in [2.45, 2.75) is 19.1 Å². The molecule has 0 saturated carbocycles. The number of cyclic esters (lactones) is 1. The number of rotatable bonds is 3. The maximum Gasteiger partial charge on any atom is 0.338 e. The summed E-state index contributed by atoms with van der Waals surface area (Å²) < 4.78 is 10.4. The Morgan fingerprint density at radius 3 is 2.74 bits per heavy atom. The first-order chi connectivity index (χ1) is 9.20. The topological polar surface area (TPSA) is 52.6 Å². The first-order valence-corrected chi connectivity index (χ1v) is 5.98. The third-order valence-electron chi connectivity index (χ3n) is 2.63. The molecule has 1 aliphatic rings. The Morgan fingerprint density at radius 2 is 2.05 bits per heavy atom. The van der Waals surface area contributed by atoms with Gasteiger partial charge in [0, 0.05) is 6.08 Å². The number of benzene rings is 1. The molecule has 1 heterocycles. The highest BCUT2D eigenvalue weighted by Crippen LogP contribution is 2.16.